The average molecular weight is 396 g/mol. The molecule has 29 heavy (non-hydrogen) atoms. The molecule has 152 valence electrons. The third-order valence-corrected chi connectivity index (χ3v) is 5.89. The second-order valence-corrected chi connectivity index (χ2v) is 7.79. The predicted molar refractivity (Wildman–Crippen MR) is 106 cm³/mol. The number of benzene rings is 1. The van der Waals surface area contributed by atoms with E-state index in [1.165, 1.54) is 10.9 Å². The van der Waals surface area contributed by atoms with Crippen LogP contribution in [0.5, 0.6) is 0 Å². The van der Waals surface area contributed by atoms with Crippen LogP contribution < -0.4 is 5.32 Å². The summed E-state index contributed by atoms with van der Waals surface area (Å²) in [6.07, 6.45) is 5.92. The van der Waals surface area contributed by atoms with Gasteiger partial charge in [-0.1, -0.05) is 18.9 Å². The summed E-state index contributed by atoms with van der Waals surface area (Å²) in [4.78, 5) is 38.2. The molecule has 2 N–H and O–H groups in total. The minimum atomic E-state index is -1.03. The molecule has 1 atom stereocenters. The second kappa shape index (κ2) is 7.69. The standard InChI is InChI=1S/C21H24N4O4/c1-13-18(21(28)29)11-22-25(13)17-8-4-5-15(10-17)23-20(27)14-9-19(26)24(12-14)16-6-2-3-7-16/h4-5,8,10-11,14,16H,2-3,6-7,9,12H2,1H3,(H,23,27)(H,28,29). The Bertz CT molecular complexity index is 961. The van der Waals surface area contributed by atoms with E-state index in [9.17, 15) is 19.5 Å². The van der Waals surface area contributed by atoms with Crippen molar-refractivity contribution < 1.29 is 19.5 Å². The zero-order chi connectivity index (χ0) is 20.5. The number of carboxylic acid groups (broad SMARTS) is 1. The third kappa shape index (κ3) is 3.74. The Balaban J connectivity index is 1.46. The van der Waals surface area contributed by atoms with E-state index in [1.807, 2.05) is 4.90 Å². The van der Waals surface area contributed by atoms with Crippen LogP contribution in [0.4, 0.5) is 5.69 Å². The fourth-order valence-corrected chi connectivity index (χ4v) is 4.32. The molecule has 2 aromatic rings. The largest absolute Gasteiger partial charge is 0.478 e. The van der Waals surface area contributed by atoms with Gasteiger partial charge in [0.2, 0.25) is 11.8 Å². The lowest BCUT2D eigenvalue weighted by Gasteiger charge is -2.23. The highest BCUT2D eigenvalue weighted by atomic mass is 16.4. The van der Waals surface area contributed by atoms with E-state index in [-0.39, 0.29) is 35.8 Å². The Morgan fingerprint density at radius 3 is 2.69 bits per heavy atom. The van der Waals surface area contributed by atoms with Crippen molar-refractivity contribution in [2.24, 2.45) is 5.92 Å². The van der Waals surface area contributed by atoms with Gasteiger partial charge in [-0.25, -0.2) is 9.48 Å². The molecule has 0 bridgehead atoms. The van der Waals surface area contributed by atoms with Gasteiger partial charge in [0.15, 0.2) is 0 Å². The number of hydrogen-bond acceptors (Lipinski definition) is 4. The van der Waals surface area contributed by atoms with Gasteiger partial charge in [-0.05, 0) is 38.0 Å². The first-order valence-electron chi connectivity index (χ1n) is 9.92. The number of hydrogen-bond donors (Lipinski definition) is 2. The highest BCUT2D eigenvalue weighted by molar-refractivity contribution is 5.97. The Hall–Kier alpha value is -3.16. The van der Waals surface area contributed by atoms with Gasteiger partial charge in [-0.15, -0.1) is 0 Å². The molecule has 1 aliphatic carbocycles. The molecule has 2 heterocycles. The average Bonchev–Trinajstić information content (AvgIpc) is 3.41. The molecule has 1 aliphatic heterocycles. The summed E-state index contributed by atoms with van der Waals surface area (Å²) in [6, 6.07) is 7.37. The predicted octanol–water partition coefficient (Wildman–Crippen LogP) is 2.61. The number of carboxylic acids is 1. The molecule has 0 spiro atoms. The van der Waals surface area contributed by atoms with E-state index in [2.05, 4.69) is 10.4 Å². The normalized spacial score (nSPS) is 19.7. The van der Waals surface area contributed by atoms with Gasteiger partial charge >= 0.3 is 5.97 Å². The molecule has 2 amide bonds. The monoisotopic (exact) mass is 396 g/mol. The van der Waals surface area contributed by atoms with E-state index in [0.29, 0.717) is 23.6 Å². The maximum Gasteiger partial charge on any atom is 0.339 e. The van der Waals surface area contributed by atoms with Crippen molar-refractivity contribution in [1.29, 1.82) is 0 Å². The number of aromatic carboxylic acids is 1. The summed E-state index contributed by atoms with van der Waals surface area (Å²) in [5.41, 5.74) is 1.89. The minimum absolute atomic E-state index is 0.0687. The van der Waals surface area contributed by atoms with E-state index in [4.69, 9.17) is 0 Å². The number of nitrogens with zero attached hydrogens (tertiary/aromatic N) is 3. The van der Waals surface area contributed by atoms with Crippen molar-refractivity contribution in [3.05, 3.63) is 41.7 Å². The number of aromatic nitrogens is 2. The molecule has 1 unspecified atom stereocenters. The van der Waals surface area contributed by atoms with Crippen LogP contribution in [0, 0.1) is 12.8 Å². The maximum absolute atomic E-state index is 12.7. The first-order valence-corrected chi connectivity index (χ1v) is 9.92. The van der Waals surface area contributed by atoms with Crippen LogP contribution in [0.1, 0.15) is 48.2 Å². The molecule has 1 aromatic carbocycles. The van der Waals surface area contributed by atoms with Crippen molar-refractivity contribution in [3.8, 4) is 5.69 Å². The Morgan fingerprint density at radius 2 is 2.00 bits per heavy atom. The molecule has 1 saturated carbocycles. The van der Waals surface area contributed by atoms with Crippen LogP contribution in [0.25, 0.3) is 5.69 Å². The van der Waals surface area contributed by atoms with Crippen LogP contribution in [-0.2, 0) is 9.59 Å². The van der Waals surface area contributed by atoms with Gasteiger partial charge in [0.1, 0.15) is 5.56 Å². The fourth-order valence-electron chi connectivity index (χ4n) is 4.32. The first kappa shape index (κ1) is 19.2. The quantitative estimate of drug-likeness (QED) is 0.808. The van der Waals surface area contributed by atoms with E-state index in [1.54, 1.807) is 31.2 Å². The van der Waals surface area contributed by atoms with Gasteiger partial charge in [-0.3, -0.25) is 9.59 Å². The summed E-state index contributed by atoms with van der Waals surface area (Å²) in [5.74, 6) is -1.48. The van der Waals surface area contributed by atoms with Gasteiger partial charge < -0.3 is 15.3 Å². The molecule has 8 heteroatoms. The van der Waals surface area contributed by atoms with Crippen LogP contribution in [0.15, 0.2) is 30.5 Å². The molecular formula is C21H24N4O4. The number of anilines is 1. The number of nitrogens with one attached hydrogen (secondary N) is 1. The van der Waals surface area contributed by atoms with Crippen LogP contribution in [-0.4, -0.2) is 50.2 Å². The molecule has 0 radical (unpaired) electrons. The van der Waals surface area contributed by atoms with Gasteiger partial charge in [0.05, 0.1) is 23.5 Å². The zero-order valence-electron chi connectivity index (χ0n) is 16.3. The number of carbonyl (C=O) groups excluding carboxylic acids is 2. The lowest BCUT2D eigenvalue weighted by atomic mass is 10.1. The Labute approximate surface area is 168 Å². The maximum atomic E-state index is 12.7. The first-order chi connectivity index (χ1) is 13.9. The Morgan fingerprint density at radius 1 is 1.24 bits per heavy atom. The van der Waals surface area contributed by atoms with Crippen molar-refractivity contribution in [2.75, 3.05) is 11.9 Å². The summed E-state index contributed by atoms with van der Waals surface area (Å²) in [5, 5.41) is 16.2. The van der Waals surface area contributed by atoms with Crippen LogP contribution >= 0.6 is 0 Å². The summed E-state index contributed by atoms with van der Waals surface area (Å²) in [6.45, 7) is 2.17. The molecule has 4 rings (SSSR count). The third-order valence-electron chi connectivity index (χ3n) is 5.89. The summed E-state index contributed by atoms with van der Waals surface area (Å²) in [7, 11) is 0. The van der Waals surface area contributed by atoms with Gasteiger partial charge in [0, 0.05) is 24.7 Å². The molecule has 1 saturated heterocycles. The van der Waals surface area contributed by atoms with E-state index in [0.717, 1.165) is 25.7 Å². The lowest BCUT2D eigenvalue weighted by molar-refractivity contribution is -0.129. The van der Waals surface area contributed by atoms with Gasteiger partial charge in [0.25, 0.3) is 0 Å². The Kier molecular flexibility index (Phi) is 5.08. The van der Waals surface area contributed by atoms with Crippen LogP contribution in [0.3, 0.4) is 0 Å². The lowest BCUT2D eigenvalue weighted by Crippen LogP contribution is -2.35. The highest BCUT2D eigenvalue weighted by Crippen LogP contribution is 2.30. The van der Waals surface area contributed by atoms with Crippen LogP contribution in [0.2, 0.25) is 0 Å². The number of likely N-dealkylation sites (tertiary alicyclic amines) is 1. The molecule has 2 aliphatic rings. The SMILES string of the molecule is Cc1c(C(=O)O)cnn1-c1cccc(NC(=O)C2CC(=O)N(C3CCCC3)C2)c1. The summed E-state index contributed by atoms with van der Waals surface area (Å²) < 4.78 is 1.53. The second-order valence-electron chi connectivity index (χ2n) is 7.79. The smallest absolute Gasteiger partial charge is 0.339 e. The number of carbonyl (C=O) groups is 3. The van der Waals surface area contributed by atoms with Crippen molar-refractivity contribution in [1.82, 2.24) is 14.7 Å². The minimum Gasteiger partial charge on any atom is -0.478 e. The van der Waals surface area contributed by atoms with Gasteiger partial charge in [-0.2, -0.15) is 5.10 Å². The number of amides is 2. The molecule has 2 fully saturated rings. The molecular weight excluding hydrogens is 372 g/mol. The topological polar surface area (TPSA) is 105 Å². The van der Waals surface area contributed by atoms with Crippen molar-refractivity contribution >= 4 is 23.5 Å². The fraction of sp³-hybridized carbons (Fsp3) is 0.429. The highest BCUT2D eigenvalue weighted by Gasteiger charge is 2.38. The van der Waals surface area contributed by atoms with Crippen molar-refractivity contribution in [3.63, 3.8) is 0 Å². The number of rotatable bonds is 5. The van der Waals surface area contributed by atoms with Crippen molar-refractivity contribution in [2.45, 2.75) is 45.1 Å². The summed E-state index contributed by atoms with van der Waals surface area (Å²) >= 11 is 0. The molecule has 1 aromatic heterocycles. The van der Waals surface area contributed by atoms with E-state index >= 15 is 0 Å². The molecule has 8 nitrogen and oxygen atoms in total. The zero-order valence-corrected chi connectivity index (χ0v) is 16.3. The van der Waals surface area contributed by atoms with E-state index < -0.39 is 5.97 Å².